The fraction of sp³-hybridized carbons (Fsp3) is 0.462. The van der Waals surface area contributed by atoms with Crippen LogP contribution in [-0.4, -0.2) is 17.1 Å². The first-order valence-corrected chi connectivity index (χ1v) is 5.77. The van der Waals surface area contributed by atoms with Crippen LogP contribution >= 0.6 is 0 Å². The van der Waals surface area contributed by atoms with E-state index in [1.165, 1.54) is 0 Å². The first kappa shape index (κ1) is 13.5. The number of nitrogens with zero attached hydrogens (tertiary/aromatic N) is 1. The van der Waals surface area contributed by atoms with E-state index in [0.29, 0.717) is 5.92 Å². The van der Waals surface area contributed by atoms with Gasteiger partial charge in [-0.1, -0.05) is 44.2 Å². The highest BCUT2D eigenvalue weighted by molar-refractivity contribution is 5.67. The number of carbonyl (C=O) groups excluding carboxylic acids is 1. The zero-order valence-corrected chi connectivity index (χ0v) is 10.6. The second-order valence-electron chi connectivity index (χ2n) is 4.43. The van der Waals surface area contributed by atoms with Gasteiger partial charge in [-0.05, 0) is 18.4 Å². The quantitative estimate of drug-likeness (QED) is 0.496. The Hall–Kier alpha value is -1.55. The van der Waals surface area contributed by atoms with Crippen molar-refractivity contribution in [2.24, 2.45) is 11.8 Å². The van der Waals surface area contributed by atoms with Crippen molar-refractivity contribution in [3.63, 3.8) is 0 Å². The molecule has 0 aromatic heterocycles. The number of ether oxygens (including phenoxy) is 1. The van der Waals surface area contributed by atoms with E-state index in [-0.39, 0.29) is 12.6 Å². The minimum Gasteiger partial charge on any atom is -0.444 e. The molecule has 17 heavy (non-hydrogen) atoms. The number of carbonyl (C=O) groups is 1. The van der Waals surface area contributed by atoms with Crippen molar-refractivity contribution in [3.05, 3.63) is 35.9 Å². The van der Waals surface area contributed by atoms with Crippen molar-refractivity contribution in [2.45, 2.75) is 33.4 Å². The topological polar surface area (TPSA) is 55.6 Å². The van der Waals surface area contributed by atoms with Gasteiger partial charge in [0.1, 0.15) is 6.61 Å². The summed E-state index contributed by atoms with van der Waals surface area (Å²) < 4.78 is 5.12. The Labute approximate surface area is 102 Å². The Morgan fingerprint density at radius 2 is 1.88 bits per heavy atom. The second-order valence-corrected chi connectivity index (χ2v) is 4.43. The molecule has 0 spiro atoms. The first-order chi connectivity index (χ1) is 8.02. The van der Waals surface area contributed by atoms with Gasteiger partial charge in [-0.25, -0.2) is 15.6 Å². The highest BCUT2D eigenvalue weighted by Gasteiger charge is 2.20. The third-order valence-electron chi connectivity index (χ3n) is 2.82. The van der Waals surface area contributed by atoms with Crippen LogP contribution in [0.2, 0.25) is 0 Å². The summed E-state index contributed by atoms with van der Waals surface area (Å²) in [5.41, 5.74) is 0.950. The van der Waals surface area contributed by atoms with E-state index in [9.17, 15) is 4.79 Å². The lowest BCUT2D eigenvalue weighted by Crippen LogP contribution is -2.46. The molecule has 0 radical (unpaired) electrons. The zero-order chi connectivity index (χ0) is 12.8. The Balaban J connectivity index is 2.45. The van der Waals surface area contributed by atoms with Crippen LogP contribution in [0.5, 0.6) is 0 Å². The van der Waals surface area contributed by atoms with E-state index < -0.39 is 6.09 Å². The van der Waals surface area contributed by atoms with Gasteiger partial charge < -0.3 is 4.74 Å². The molecule has 1 unspecified atom stereocenters. The molecular formula is C13H20N2O2. The van der Waals surface area contributed by atoms with Crippen LogP contribution in [0.1, 0.15) is 26.3 Å². The van der Waals surface area contributed by atoms with E-state index >= 15 is 0 Å². The van der Waals surface area contributed by atoms with Gasteiger partial charge in [-0.15, -0.1) is 0 Å². The van der Waals surface area contributed by atoms with Gasteiger partial charge in [-0.3, -0.25) is 0 Å². The van der Waals surface area contributed by atoms with Crippen LogP contribution in [0.3, 0.4) is 0 Å². The van der Waals surface area contributed by atoms with Crippen molar-refractivity contribution in [2.75, 3.05) is 0 Å². The molecule has 0 aliphatic carbocycles. The average molecular weight is 236 g/mol. The average Bonchev–Trinajstić information content (AvgIpc) is 2.35. The van der Waals surface area contributed by atoms with Crippen LogP contribution < -0.4 is 5.84 Å². The van der Waals surface area contributed by atoms with Crippen LogP contribution in [0, 0.1) is 5.92 Å². The predicted molar refractivity (Wildman–Crippen MR) is 67.0 cm³/mol. The smallest absolute Gasteiger partial charge is 0.424 e. The van der Waals surface area contributed by atoms with E-state index in [1.54, 1.807) is 0 Å². The molecule has 4 heteroatoms. The summed E-state index contributed by atoms with van der Waals surface area (Å²) in [6.45, 7) is 6.16. The number of amides is 1. The van der Waals surface area contributed by atoms with Gasteiger partial charge in [-0.2, -0.15) is 0 Å². The molecule has 0 saturated carbocycles. The number of hydrazine groups is 1. The standard InChI is InChI=1S/C13H20N2O2/c1-10(2)11(3)15(14)13(16)17-9-12-7-5-4-6-8-12/h4-8,10-11H,9,14H2,1-3H3. The summed E-state index contributed by atoms with van der Waals surface area (Å²) in [6, 6.07) is 9.49. The van der Waals surface area contributed by atoms with Gasteiger partial charge >= 0.3 is 6.09 Å². The highest BCUT2D eigenvalue weighted by Crippen LogP contribution is 2.08. The third-order valence-corrected chi connectivity index (χ3v) is 2.82. The minimum atomic E-state index is -0.491. The molecule has 0 fully saturated rings. The van der Waals surface area contributed by atoms with E-state index in [1.807, 2.05) is 51.1 Å². The third kappa shape index (κ3) is 4.07. The lowest BCUT2D eigenvalue weighted by molar-refractivity contribution is 0.0744. The molecule has 0 saturated heterocycles. The monoisotopic (exact) mass is 236 g/mol. The number of hydrogen-bond donors (Lipinski definition) is 1. The van der Waals surface area contributed by atoms with Crippen LogP contribution in [0.4, 0.5) is 4.79 Å². The molecule has 0 aliphatic heterocycles. The normalized spacial score (nSPS) is 12.3. The van der Waals surface area contributed by atoms with Gasteiger partial charge in [0.05, 0.1) is 6.04 Å². The molecular weight excluding hydrogens is 216 g/mol. The molecule has 1 aromatic carbocycles. The Morgan fingerprint density at radius 1 is 1.29 bits per heavy atom. The molecule has 94 valence electrons. The Bertz CT molecular complexity index is 352. The summed E-state index contributed by atoms with van der Waals surface area (Å²) in [7, 11) is 0. The molecule has 2 N–H and O–H groups in total. The number of rotatable bonds is 4. The molecule has 1 rings (SSSR count). The summed E-state index contributed by atoms with van der Waals surface area (Å²) >= 11 is 0. The summed E-state index contributed by atoms with van der Waals surface area (Å²) in [5.74, 6) is 5.98. The fourth-order valence-electron chi connectivity index (χ4n) is 1.28. The number of nitrogens with two attached hydrogens (primary N) is 1. The second kappa shape index (κ2) is 6.25. The van der Waals surface area contributed by atoms with Crippen molar-refractivity contribution in [1.82, 2.24) is 5.01 Å². The lowest BCUT2D eigenvalue weighted by Gasteiger charge is -2.26. The van der Waals surface area contributed by atoms with Gasteiger partial charge in [0.25, 0.3) is 0 Å². The minimum absolute atomic E-state index is 0.0433. The summed E-state index contributed by atoms with van der Waals surface area (Å²) in [5, 5.41) is 1.15. The van der Waals surface area contributed by atoms with Gasteiger partial charge in [0, 0.05) is 0 Å². The molecule has 1 aromatic rings. The molecule has 0 heterocycles. The maximum absolute atomic E-state index is 11.6. The largest absolute Gasteiger partial charge is 0.444 e. The van der Waals surface area contributed by atoms with E-state index in [2.05, 4.69) is 0 Å². The maximum atomic E-state index is 11.6. The molecule has 1 atom stereocenters. The predicted octanol–water partition coefficient (Wildman–Crippen LogP) is 2.54. The van der Waals surface area contributed by atoms with Crippen molar-refractivity contribution in [3.8, 4) is 0 Å². The Kier molecular flexibility index (Phi) is 4.97. The van der Waals surface area contributed by atoms with Crippen molar-refractivity contribution >= 4 is 6.09 Å². The molecule has 1 amide bonds. The fourth-order valence-corrected chi connectivity index (χ4v) is 1.28. The lowest BCUT2D eigenvalue weighted by atomic mass is 10.1. The Morgan fingerprint density at radius 3 is 2.41 bits per heavy atom. The van der Waals surface area contributed by atoms with E-state index in [0.717, 1.165) is 10.6 Å². The van der Waals surface area contributed by atoms with Crippen LogP contribution in [0.25, 0.3) is 0 Å². The molecule has 0 aliphatic rings. The maximum Gasteiger partial charge on any atom is 0.424 e. The first-order valence-electron chi connectivity index (χ1n) is 5.77. The SMILES string of the molecule is CC(C)C(C)N(N)C(=O)OCc1ccccc1. The van der Waals surface area contributed by atoms with Crippen LogP contribution in [0.15, 0.2) is 30.3 Å². The van der Waals surface area contributed by atoms with Gasteiger partial charge in [0.2, 0.25) is 0 Å². The molecule has 4 nitrogen and oxygen atoms in total. The van der Waals surface area contributed by atoms with Crippen LogP contribution in [-0.2, 0) is 11.3 Å². The number of benzene rings is 1. The summed E-state index contributed by atoms with van der Waals surface area (Å²) in [4.78, 5) is 11.6. The molecule has 0 bridgehead atoms. The number of hydrogen-bond acceptors (Lipinski definition) is 3. The van der Waals surface area contributed by atoms with Crippen molar-refractivity contribution < 1.29 is 9.53 Å². The van der Waals surface area contributed by atoms with Crippen molar-refractivity contribution in [1.29, 1.82) is 0 Å². The zero-order valence-electron chi connectivity index (χ0n) is 10.6. The van der Waals surface area contributed by atoms with Gasteiger partial charge in [0.15, 0.2) is 0 Å². The highest BCUT2D eigenvalue weighted by atomic mass is 16.6. The van der Waals surface area contributed by atoms with E-state index in [4.69, 9.17) is 10.6 Å². The summed E-state index contributed by atoms with van der Waals surface area (Å²) in [6.07, 6.45) is -0.491.